The third-order valence-corrected chi connectivity index (χ3v) is 5.04. The number of carbonyl (C=O) groups is 2. The molecule has 8 heteroatoms. The first-order chi connectivity index (χ1) is 14.1. The van der Waals surface area contributed by atoms with Crippen LogP contribution >= 0.6 is 7.82 Å². The third kappa shape index (κ3) is 5.14. The van der Waals surface area contributed by atoms with Gasteiger partial charge in [-0.15, -0.1) is 0 Å². The fourth-order valence-electron chi connectivity index (χ4n) is 2.96. The van der Waals surface area contributed by atoms with Crippen LogP contribution in [0.5, 0.6) is 11.5 Å². The second kappa shape index (κ2) is 8.53. The summed E-state index contributed by atoms with van der Waals surface area (Å²) in [5, 5.41) is 9.24. The first-order valence-electron chi connectivity index (χ1n) is 8.92. The summed E-state index contributed by atoms with van der Waals surface area (Å²) in [4.78, 5) is 34.0. The zero-order chi connectivity index (χ0) is 21.9. The SMILES string of the molecule is Cc1cc(C)cc(OP(=O)(O)Oc2ccc(C(=O)c3ccccc3C(=O)O)cc2)c1. The molecule has 0 amide bonds. The molecule has 0 heterocycles. The number of benzene rings is 3. The average molecular weight is 426 g/mol. The summed E-state index contributed by atoms with van der Waals surface area (Å²) in [5.41, 5.74) is 1.89. The van der Waals surface area contributed by atoms with Crippen molar-refractivity contribution in [3.63, 3.8) is 0 Å². The van der Waals surface area contributed by atoms with Gasteiger partial charge in [0.25, 0.3) is 0 Å². The van der Waals surface area contributed by atoms with Crippen LogP contribution in [0.15, 0.2) is 66.7 Å². The van der Waals surface area contributed by atoms with Gasteiger partial charge >= 0.3 is 13.8 Å². The van der Waals surface area contributed by atoms with Gasteiger partial charge in [-0.3, -0.25) is 9.69 Å². The van der Waals surface area contributed by atoms with E-state index in [0.717, 1.165) is 11.1 Å². The van der Waals surface area contributed by atoms with Crippen molar-refractivity contribution in [3.05, 3.63) is 94.5 Å². The van der Waals surface area contributed by atoms with Crippen LogP contribution in [0.1, 0.15) is 37.4 Å². The second-order valence-electron chi connectivity index (χ2n) is 6.68. The highest BCUT2D eigenvalue weighted by Gasteiger charge is 2.25. The Balaban J connectivity index is 1.76. The average Bonchev–Trinajstić information content (AvgIpc) is 2.66. The van der Waals surface area contributed by atoms with Gasteiger partial charge in [0, 0.05) is 11.1 Å². The topological polar surface area (TPSA) is 110 Å². The first-order valence-corrected chi connectivity index (χ1v) is 10.4. The summed E-state index contributed by atoms with van der Waals surface area (Å²) in [7, 11) is -4.46. The van der Waals surface area contributed by atoms with E-state index in [9.17, 15) is 24.2 Å². The molecule has 0 radical (unpaired) electrons. The van der Waals surface area contributed by atoms with E-state index in [1.165, 1.54) is 42.5 Å². The summed E-state index contributed by atoms with van der Waals surface area (Å²) >= 11 is 0. The number of carbonyl (C=O) groups excluding carboxylic acids is 1. The predicted molar refractivity (Wildman–Crippen MR) is 110 cm³/mol. The number of phosphoric acid groups is 1. The number of hydrogen-bond donors (Lipinski definition) is 2. The number of aryl methyl sites for hydroxylation is 2. The smallest absolute Gasteiger partial charge is 0.478 e. The van der Waals surface area contributed by atoms with Crippen LogP contribution in [0, 0.1) is 13.8 Å². The van der Waals surface area contributed by atoms with Crippen LogP contribution in [0.25, 0.3) is 0 Å². The van der Waals surface area contributed by atoms with Crippen molar-refractivity contribution in [3.8, 4) is 11.5 Å². The first kappa shape index (κ1) is 21.3. The number of rotatable bonds is 7. The Morgan fingerprint density at radius 2 is 1.33 bits per heavy atom. The number of ketones is 1. The van der Waals surface area contributed by atoms with E-state index in [4.69, 9.17) is 9.05 Å². The van der Waals surface area contributed by atoms with Crippen LogP contribution in [-0.4, -0.2) is 21.8 Å². The Kier molecular flexibility index (Phi) is 6.06. The number of carboxylic acids is 1. The fraction of sp³-hybridized carbons (Fsp3) is 0.0909. The molecule has 0 aliphatic carbocycles. The van der Waals surface area contributed by atoms with Crippen LogP contribution in [0.3, 0.4) is 0 Å². The molecule has 1 atom stereocenters. The maximum Gasteiger partial charge on any atom is 0.584 e. The molecular formula is C22H19O7P. The molecule has 0 aromatic heterocycles. The van der Waals surface area contributed by atoms with Crippen molar-refractivity contribution in [1.29, 1.82) is 0 Å². The van der Waals surface area contributed by atoms with E-state index < -0.39 is 19.6 Å². The molecule has 0 aliphatic rings. The van der Waals surface area contributed by atoms with E-state index in [1.54, 1.807) is 18.2 Å². The minimum Gasteiger partial charge on any atom is -0.478 e. The van der Waals surface area contributed by atoms with E-state index in [0.29, 0.717) is 0 Å². The van der Waals surface area contributed by atoms with E-state index >= 15 is 0 Å². The minimum absolute atomic E-state index is 0.0216. The van der Waals surface area contributed by atoms with Crippen LogP contribution in [0.4, 0.5) is 0 Å². The number of carboxylic acid groups (broad SMARTS) is 1. The monoisotopic (exact) mass is 426 g/mol. The quantitative estimate of drug-likeness (QED) is 0.413. The lowest BCUT2D eigenvalue weighted by atomic mass is 9.98. The molecule has 30 heavy (non-hydrogen) atoms. The minimum atomic E-state index is -4.46. The van der Waals surface area contributed by atoms with Gasteiger partial charge in [-0.05, 0) is 67.4 Å². The maximum absolute atomic E-state index is 12.6. The molecule has 3 aromatic rings. The summed E-state index contributed by atoms with van der Waals surface area (Å²) in [6, 6.07) is 16.4. The molecule has 1 unspecified atom stereocenters. The molecule has 0 saturated heterocycles. The lowest BCUT2D eigenvalue weighted by molar-refractivity contribution is 0.0692. The van der Waals surface area contributed by atoms with Crippen molar-refractivity contribution in [2.24, 2.45) is 0 Å². The summed E-state index contributed by atoms with van der Waals surface area (Å²) in [6.07, 6.45) is 0. The van der Waals surface area contributed by atoms with Crippen LogP contribution in [-0.2, 0) is 4.57 Å². The second-order valence-corrected chi connectivity index (χ2v) is 7.98. The summed E-state index contributed by atoms with van der Waals surface area (Å²) < 4.78 is 22.5. The van der Waals surface area contributed by atoms with Gasteiger partial charge in [0.15, 0.2) is 5.78 Å². The molecule has 0 saturated carbocycles. The summed E-state index contributed by atoms with van der Waals surface area (Å²) in [6.45, 7) is 3.67. The fourth-order valence-corrected chi connectivity index (χ4v) is 3.76. The molecule has 154 valence electrons. The van der Waals surface area contributed by atoms with Gasteiger partial charge in [-0.2, -0.15) is 0 Å². The number of aromatic carboxylic acids is 1. The molecule has 0 fully saturated rings. The van der Waals surface area contributed by atoms with Gasteiger partial charge in [0.2, 0.25) is 0 Å². The lowest BCUT2D eigenvalue weighted by Crippen LogP contribution is -2.09. The molecule has 0 aliphatic heterocycles. The Morgan fingerprint density at radius 1 is 0.800 bits per heavy atom. The number of hydrogen-bond acceptors (Lipinski definition) is 5. The van der Waals surface area contributed by atoms with Crippen molar-refractivity contribution in [1.82, 2.24) is 0 Å². The van der Waals surface area contributed by atoms with E-state index in [-0.39, 0.29) is 28.2 Å². The molecule has 2 N–H and O–H groups in total. The molecule has 3 aromatic carbocycles. The van der Waals surface area contributed by atoms with Crippen molar-refractivity contribution in [2.45, 2.75) is 13.8 Å². The zero-order valence-electron chi connectivity index (χ0n) is 16.2. The van der Waals surface area contributed by atoms with Gasteiger partial charge in [0.05, 0.1) is 5.56 Å². The Hall–Kier alpha value is -3.41. The molecule has 0 bridgehead atoms. The molecule has 3 rings (SSSR count). The van der Waals surface area contributed by atoms with Crippen molar-refractivity contribution >= 4 is 19.6 Å². The van der Waals surface area contributed by atoms with Gasteiger partial charge in [-0.25, -0.2) is 9.36 Å². The van der Waals surface area contributed by atoms with E-state index in [2.05, 4.69) is 0 Å². The standard InChI is InChI=1S/C22H19O7P/c1-14-11-15(2)13-18(12-14)29-30(26,27)28-17-9-7-16(8-10-17)21(23)19-5-3-4-6-20(19)22(24)25/h3-13H,1-2H3,(H,24,25)(H,26,27). The largest absolute Gasteiger partial charge is 0.584 e. The van der Waals surface area contributed by atoms with E-state index in [1.807, 2.05) is 19.9 Å². The molecular weight excluding hydrogens is 407 g/mol. The lowest BCUT2D eigenvalue weighted by Gasteiger charge is -2.15. The Morgan fingerprint density at radius 3 is 1.90 bits per heavy atom. The number of phosphoric ester groups is 1. The normalized spacial score (nSPS) is 12.6. The molecule has 7 nitrogen and oxygen atoms in total. The highest BCUT2D eigenvalue weighted by molar-refractivity contribution is 7.48. The maximum atomic E-state index is 12.6. The Bertz CT molecular complexity index is 1130. The summed E-state index contributed by atoms with van der Waals surface area (Å²) in [5.74, 6) is -1.47. The van der Waals surface area contributed by atoms with Crippen molar-refractivity contribution in [2.75, 3.05) is 0 Å². The van der Waals surface area contributed by atoms with Crippen LogP contribution < -0.4 is 9.05 Å². The highest BCUT2D eigenvalue weighted by atomic mass is 31.2. The predicted octanol–water partition coefficient (Wildman–Crippen LogP) is 4.79. The van der Waals surface area contributed by atoms with Gasteiger partial charge in [-0.1, -0.05) is 24.3 Å². The Labute approximate surface area is 173 Å². The van der Waals surface area contributed by atoms with Crippen LogP contribution in [0.2, 0.25) is 0 Å². The van der Waals surface area contributed by atoms with Crippen molar-refractivity contribution < 1.29 is 33.2 Å². The zero-order valence-corrected chi connectivity index (χ0v) is 17.1. The molecule has 0 spiro atoms. The van der Waals surface area contributed by atoms with Gasteiger partial charge in [0.1, 0.15) is 11.5 Å². The third-order valence-electron chi connectivity index (χ3n) is 4.16. The van der Waals surface area contributed by atoms with Gasteiger partial charge < -0.3 is 14.2 Å². The highest BCUT2D eigenvalue weighted by Crippen LogP contribution is 2.44.